The number of carbonyl (C=O) groups excluding carboxylic acids is 1. The van der Waals surface area contributed by atoms with E-state index in [1.807, 2.05) is 20.8 Å². The van der Waals surface area contributed by atoms with Gasteiger partial charge in [0.05, 0.1) is 24.7 Å². The number of β-amino-alcohol motifs (C(OH)–C–C–N with tert-alkyl or cyclic N) is 1. The largest absolute Gasteiger partial charge is 0.386 e. The van der Waals surface area contributed by atoms with Crippen LogP contribution in [0, 0.1) is 5.92 Å². The van der Waals surface area contributed by atoms with E-state index in [-0.39, 0.29) is 11.8 Å². The maximum Gasteiger partial charge on any atom is 0.239 e. The molecule has 1 unspecified atom stereocenters. The number of nitrogens with zero attached hydrogens (tertiary/aromatic N) is 1. The lowest BCUT2D eigenvalue weighted by atomic mass is 9.89. The van der Waals surface area contributed by atoms with Gasteiger partial charge in [0, 0.05) is 0 Å². The predicted molar refractivity (Wildman–Crippen MR) is 54.6 cm³/mol. The molecule has 3 N–H and O–H groups in total. The first-order chi connectivity index (χ1) is 6.39. The van der Waals surface area contributed by atoms with Crippen molar-refractivity contribution in [1.29, 1.82) is 0 Å². The molecule has 0 spiro atoms. The van der Waals surface area contributed by atoms with E-state index in [0.29, 0.717) is 19.5 Å². The van der Waals surface area contributed by atoms with Gasteiger partial charge in [0.25, 0.3) is 0 Å². The van der Waals surface area contributed by atoms with Gasteiger partial charge in [-0.15, -0.1) is 0 Å². The first-order valence-corrected chi connectivity index (χ1v) is 5.16. The molecule has 0 radical (unpaired) electrons. The monoisotopic (exact) mass is 200 g/mol. The molecule has 0 aromatic rings. The molecule has 1 rings (SSSR count). The van der Waals surface area contributed by atoms with Gasteiger partial charge < -0.3 is 15.7 Å². The topological polar surface area (TPSA) is 66.6 Å². The van der Waals surface area contributed by atoms with Crippen LogP contribution in [-0.4, -0.2) is 40.6 Å². The summed E-state index contributed by atoms with van der Waals surface area (Å²) in [6, 6.07) is -0.434. The van der Waals surface area contributed by atoms with Gasteiger partial charge in [-0.2, -0.15) is 0 Å². The molecule has 1 saturated heterocycles. The van der Waals surface area contributed by atoms with Gasteiger partial charge in [-0.05, 0) is 12.3 Å². The highest BCUT2D eigenvalue weighted by Gasteiger charge is 2.43. The summed E-state index contributed by atoms with van der Waals surface area (Å²) in [5.74, 6) is 0.107. The summed E-state index contributed by atoms with van der Waals surface area (Å²) in [5, 5.41) is 9.72. The van der Waals surface area contributed by atoms with Crippen molar-refractivity contribution in [1.82, 2.24) is 4.90 Å². The van der Waals surface area contributed by atoms with Crippen LogP contribution in [0.2, 0.25) is 0 Å². The Labute approximate surface area is 85.1 Å². The minimum Gasteiger partial charge on any atom is -0.386 e. The number of hydrogen-bond donors (Lipinski definition) is 2. The first kappa shape index (κ1) is 11.5. The van der Waals surface area contributed by atoms with Crippen molar-refractivity contribution in [2.45, 2.75) is 38.8 Å². The average Bonchev–Trinajstić information content (AvgIpc) is 2.10. The number of nitrogens with two attached hydrogens (primary N) is 1. The van der Waals surface area contributed by atoms with Gasteiger partial charge in [0.1, 0.15) is 0 Å². The Balaban J connectivity index is 2.44. The van der Waals surface area contributed by atoms with Crippen molar-refractivity contribution in [2.75, 3.05) is 13.1 Å². The summed E-state index contributed by atoms with van der Waals surface area (Å²) in [6.07, 6.45) is 0.688. The summed E-state index contributed by atoms with van der Waals surface area (Å²) in [4.78, 5) is 13.3. The van der Waals surface area contributed by atoms with Crippen LogP contribution >= 0.6 is 0 Å². The first-order valence-electron chi connectivity index (χ1n) is 5.16. The fraction of sp³-hybridized carbons (Fsp3) is 0.900. The molecule has 1 atom stereocenters. The summed E-state index contributed by atoms with van der Waals surface area (Å²) in [7, 11) is 0. The molecule has 1 heterocycles. The number of aliphatic hydroxyl groups is 1. The van der Waals surface area contributed by atoms with Crippen molar-refractivity contribution in [3.8, 4) is 0 Å². The zero-order valence-corrected chi connectivity index (χ0v) is 9.16. The number of carbonyl (C=O) groups is 1. The fourth-order valence-corrected chi connectivity index (χ4v) is 1.54. The summed E-state index contributed by atoms with van der Waals surface area (Å²) in [6.45, 7) is 6.64. The van der Waals surface area contributed by atoms with E-state index < -0.39 is 11.6 Å². The van der Waals surface area contributed by atoms with E-state index in [1.165, 1.54) is 0 Å². The molecule has 1 aliphatic heterocycles. The normalized spacial score (nSPS) is 22.0. The van der Waals surface area contributed by atoms with Gasteiger partial charge in [0.15, 0.2) is 0 Å². The summed E-state index contributed by atoms with van der Waals surface area (Å²) in [5.41, 5.74) is 5.07. The summed E-state index contributed by atoms with van der Waals surface area (Å²) >= 11 is 0. The smallest absolute Gasteiger partial charge is 0.239 e. The van der Waals surface area contributed by atoms with Crippen molar-refractivity contribution >= 4 is 5.91 Å². The SMILES string of the molecule is CCC1(O)CN(C(=O)C(N)C(C)C)C1. The molecule has 0 aliphatic carbocycles. The molecule has 4 nitrogen and oxygen atoms in total. The molecule has 82 valence electrons. The van der Waals surface area contributed by atoms with Gasteiger partial charge in [-0.1, -0.05) is 20.8 Å². The van der Waals surface area contributed by atoms with Crippen LogP contribution in [0.15, 0.2) is 0 Å². The molecular formula is C10H20N2O2. The Hall–Kier alpha value is -0.610. The maximum atomic E-state index is 11.7. The van der Waals surface area contributed by atoms with Crippen LogP contribution in [0.5, 0.6) is 0 Å². The fourth-order valence-electron chi connectivity index (χ4n) is 1.54. The van der Waals surface area contributed by atoms with Gasteiger partial charge in [0.2, 0.25) is 5.91 Å². The van der Waals surface area contributed by atoms with Gasteiger partial charge >= 0.3 is 0 Å². The average molecular weight is 200 g/mol. The van der Waals surface area contributed by atoms with Crippen molar-refractivity contribution in [3.05, 3.63) is 0 Å². The molecule has 1 amide bonds. The molecule has 1 aliphatic rings. The standard InChI is InChI=1S/C10H20N2O2/c1-4-10(14)5-12(6-10)9(13)8(11)7(2)3/h7-8,14H,4-6,11H2,1-3H3. The van der Waals surface area contributed by atoms with Crippen LogP contribution in [0.1, 0.15) is 27.2 Å². The Morgan fingerprint density at radius 3 is 2.43 bits per heavy atom. The Morgan fingerprint density at radius 1 is 1.57 bits per heavy atom. The van der Waals surface area contributed by atoms with Gasteiger partial charge in [-0.3, -0.25) is 4.79 Å². The van der Waals surface area contributed by atoms with Gasteiger partial charge in [-0.25, -0.2) is 0 Å². The van der Waals surface area contributed by atoms with E-state index in [4.69, 9.17) is 5.73 Å². The van der Waals surface area contributed by atoms with Crippen LogP contribution < -0.4 is 5.73 Å². The second-order valence-electron chi connectivity index (χ2n) is 4.54. The third-order valence-corrected chi connectivity index (χ3v) is 2.94. The summed E-state index contributed by atoms with van der Waals surface area (Å²) < 4.78 is 0. The van der Waals surface area contributed by atoms with E-state index in [9.17, 15) is 9.90 Å². The Morgan fingerprint density at radius 2 is 2.07 bits per heavy atom. The third kappa shape index (κ3) is 2.07. The lowest BCUT2D eigenvalue weighted by molar-refractivity contribution is -0.158. The molecule has 0 aromatic carbocycles. The Kier molecular flexibility index (Phi) is 3.17. The second kappa shape index (κ2) is 3.87. The van der Waals surface area contributed by atoms with E-state index in [0.717, 1.165) is 0 Å². The highest BCUT2D eigenvalue weighted by atomic mass is 16.3. The minimum atomic E-state index is -0.660. The zero-order valence-electron chi connectivity index (χ0n) is 9.16. The predicted octanol–water partition coefficient (Wildman–Crippen LogP) is -0.0470. The number of rotatable bonds is 3. The van der Waals surface area contributed by atoms with Crippen LogP contribution in [0.25, 0.3) is 0 Å². The number of likely N-dealkylation sites (tertiary alicyclic amines) is 1. The molecule has 0 aromatic heterocycles. The van der Waals surface area contributed by atoms with E-state index in [1.54, 1.807) is 4.90 Å². The van der Waals surface area contributed by atoms with Crippen LogP contribution in [-0.2, 0) is 4.79 Å². The molecule has 1 fully saturated rings. The van der Waals surface area contributed by atoms with E-state index in [2.05, 4.69) is 0 Å². The lowest BCUT2D eigenvalue weighted by Gasteiger charge is -2.47. The van der Waals surface area contributed by atoms with Crippen molar-refractivity contribution in [3.63, 3.8) is 0 Å². The third-order valence-electron chi connectivity index (χ3n) is 2.94. The second-order valence-corrected chi connectivity index (χ2v) is 4.54. The molecular weight excluding hydrogens is 180 g/mol. The number of hydrogen-bond acceptors (Lipinski definition) is 3. The highest BCUT2D eigenvalue weighted by Crippen LogP contribution is 2.24. The van der Waals surface area contributed by atoms with Crippen molar-refractivity contribution in [2.24, 2.45) is 11.7 Å². The van der Waals surface area contributed by atoms with Crippen LogP contribution in [0.3, 0.4) is 0 Å². The lowest BCUT2D eigenvalue weighted by Crippen LogP contribution is -2.66. The molecule has 0 saturated carbocycles. The maximum absolute atomic E-state index is 11.7. The molecule has 4 heteroatoms. The molecule has 14 heavy (non-hydrogen) atoms. The van der Waals surface area contributed by atoms with Crippen molar-refractivity contribution < 1.29 is 9.90 Å². The highest BCUT2D eigenvalue weighted by molar-refractivity contribution is 5.82. The minimum absolute atomic E-state index is 0.0434. The Bertz CT molecular complexity index is 222. The zero-order chi connectivity index (χ0) is 10.9. The molecule has 0 bridgehead atoms. The number of amides is 1. The quantitative estimate of drug-likeness (QED) is 0.671. The van der Waals surface area contributed by atoms with E-state index >= 15 is 0 Å². The van der Waals surface area contributed by atoms with Crippen LogP contribution in [0.4, 0.5) is 0 Å².